The number of likely N-dealkylation sites (tertiary alicyclic amines) is 1. The molecule has 2 amide bonds. The SMILES string of the molecule is CCNC(=O)[C@@]1(Cc2cccc(-c3ccccc3)c2)CCN(C(=O)c2cccnc2)C1. The van der Waals surface area contributed by atoms with Crippen molar-refractivity contribution in [3.05, 3.63) is 90.3 Å². The van der Waals surface area contributed by atoms with E-state index in [0.29, 0.717) is 38.0 Å². The number of hydrogen-bond donors (Lipinski definition) is 1. The van der Waals surface area contributed by atoms with Gasteiger partial charge in [-0.15, -0.1) is 0 Å². The fourth-order valence-electron chi connectivity index (χ4n) is 4.36. The van der Waals surface area contributed by atoms with Gasteiger partial charge in [-0.05, 0) is 48.6 Å². The first-order valence-corrected chi connectivity index (χ1v) is 10.7. The van der Waals surface area contributed by atoms with Crippen LogP contribution < -0.4 is 5.32 Å². The molecule has 0 saturated carbocycles. The van der Waals surface area contributed by atoms with E-state index in [1.54, 1.807) is 29.4 Å². The Bertz CT molecular complexity index is 1050. The highest BCUT2D eigenvalue weighted by Crippen LogP contribution is 2.36. The van der Waals surface area contributed by atoms with Gasteiger partial charge in [-0.1, -0.05) is 54.6 Å². The highest BCUT2D eigenvalue weighted by Gasteiger charge is 2.45. The van der Waals surface area contributed by atoms with Gasteiger partial charge in [0, 0.05) is 32.0 Å². The van der Waals surface area contributed by atoms with Crippen LogP contribution in [-0.4, -0.2) is 41.3 Å². The maximum Gasteiger partial charge on any atom is 0.255 e. The van der Waals surface area contributed by atoms with E-state index in [9.17, 15) is 9.59 Å². The molecule has 1 aliphatic rings. The molecule has 0 spiro atoms. The number of nitrogens with zero attached hydrogens (tertiary/aromatic N) is 2. The summed E-state index contributed by atoms with van der Waals surface area (Å²) in [5.41, 5.74) is 3.30. The zero-order valence-corrected chi connectivity index (χ0v) is 17.8. The fraction of sp³-hybridized carbons (Fsp3) is 0.269. The average Bonchev–Trinajstić information content (AvgIpc) is 3.25. The molecule has 31 heavy (non-hydrogen) atoms. The largest absolute Gasteiger partial charge is 0.356 e. The summed E-state index contributed by atoms with van der Waals surface area (Å²) in [6.45, 7) is 3.46. The molecule has 5 heteroatoms. The number of aromatic nitrogens is 1. The monoisotopic (exact) mass is 413 g/mol. The number of rotatable bonds is 6. The number of amides is 2. The second-order valence-electron chi connectivity index (χ2n) is 8.10. The second-order valence-corrected chi connectivity index (χ2v) is 8.10. The smallest absolute Gasteiger partial charge is 0.255 e. The van der Waals surface area contributed by atoms with Crippen molar-refractivity contribution >= 4 is 11.8 Å². The number of carbonyl (C=O) groups excluding carboxylic acids is 2. The fourth-order valence-corrected chi connectivity index (χ4v) is 4.36. The molecule has 2 aromatic carbocycles. The Morgan fingerprint density at radius 2 is 1.84 bits per heavy atom. The van der Waals surface area contributed by atoms with E-state index in [4.69, 9.17) is 0 Å². The van der Waals surface area contributed by atoms with Crippen molar-refractivity contribution in [2.45, 2.75) is 19.8 Å². The number of nitrogens with one attached hydrogen (secondary N) is 1. The van der Waals surface area contributed by atoms with Crippen LogP contribution in [-0.2, 0) is 11.2 Å². The number of carbonyl (C=O) groups is 2. The first-order valence-electron chi connectivity index (χ1n) is 10.7. The first kappa shape index (κ1) is 20.8. The standard InChI is InChI=1S/C26H27N3O2/c1-2-28-25(31)26(13-15-29(19-26)24(30)23-12-7-14-27-18-23)17-20-8-6-11-22(16-20)21-9-4-3-5-10-21/h3-12,14,16,18H,2,13,15,17,19H2,1H3,(H,28,31)/t26-/m1/s1. The topological polar surface area (TPSA) is 62.3 Å². The molecule has 1 aliphatic heterocycles. The zero-order valence-electron chi connectivity index (χ0n) is 17.8. The highest BCUT2D eigenvalue weighted by atomic mass is 16.2. The molecule has 1 fully saturated rings. The molecule has 4 rings (SSSR count). The van der Waals surface area contributed by atoms with Gasteiger partial charge in [0.05, 0.1) is 11.0 Å². The maximum absolute atomic E-state index is 13.2. The molecule has 1 saturated heterocycles. The molecular formula is C26H27N3O2. The summed E-state index contributed by atoms with van der Waals surface area (Å²) in [6, 6.07) is 22.1. The molecule has 5 nitrogen and oxygen atoms in total. The molecule has 0 radical (unpaired) electrons. The van der Waals surface area contributed by atoms with Gasteiger partial charge in [0.2, 0.25) is 5.91 Å². The van der Waals surface area contributed by atoms with Crippen molar-refractivity contribution in [2.75, 3.05) is 19.6 Å². The predicted molar refractivity (Wildman–Crippen MR) is 121 cm³/mol. The number of hydrogen-bond acceptors (Lipinski definition) is 3. The molecular weight excluding hydrogens is 386 g/mol. The van der Waals surface area contributed by atoms with Crippen LogP contribution in [0.2, 0.25) is 0 Å². The molecule has 0 aliphatic carbocycles. The molecule has 1 N–H and O–H groups in total. The maximum atomic E-state index is 13.2. The van der Waals surface area contributed by atoms with Crippen molar-refractivity contribution in [3.63, 3.8) is 0 Å². The summed E-state index contributed by atoms with van der Waals surface area (Å²) in [6.07, 6.45) is 4.47. The lowest BCUT2D eigenvalue weighted by molar-refractivity contribution is -0.130. The highest BCUT2D eigenvalue weighted by molar-refractivity contribution is 5.95. The average molecular weight is 414 g/mol. The van der Waals surface area contributed by atoms with Crippen LogP contribution >= 0.6 is 0 Å². The molecule has 0 unspecified atom stereocenters. The molecule has 2 heterocycles. The summed E-state index contributed by atoms with van der Waals surface area (Å²) < 4.78 is 0. The van der Waals surface area contributed by atoms with Crippen LogP contribution in [0, 0.1) is 5.41 Å². The van der Waals surface area contributed by atoms with Crippen LogP contribution in [0.25, 0.3) is 11.1 Å². The van der Waals surface area contributed by atoms with Gasteiger partial charge in [-0.25, -0.2) is 0 Å². The Morgan fingerprint density at radius 1 is 1.03 bits per heavy atom. The van der Waals surface area contributed by atoms with Crippen LogP contribution in [0.1, 0.15) is 29.3 Å². The van der Waals surface area contributed by atoms with Crippen molar-refractivity contribution in [3.8, 4) is 11.1 Å². The lowest BCUT2D eigenvalue weighted by atomic mass is 9.79. The molecule has 3 aromatic rings. The second kappa shape index (κ2) is 9.13. The molecule has 1 aromatic heterocycles. The van der Waals surface area contributed by atoms with Crippen LogP contribution in [0.4, 0.5) is 0 Å². The van der Waals surface area contributed by atoms with Crippen molar-refractivity contribution < 1.29 is 9.59 Å². The Hall–Kier alpha value is -3.47. The minimum absolute atomic E-state index is 0.0154. The van der Waals surface area contributed by atoms with E-state index < -0.39 is 5.41 Å². The molecule has 0 bridgehead atoms. The summed E-state index contributed by atoms with van der Waals surface area (Å²) in [7, 11) is 0. The third-order valence-electron chi connectivity index (χ3n) is 5.95. The summed E-state index contributed by atoms with van der Waals surface area (Å²) >= 11 is 0. The summed E-state index contributed by atoms with van der Waals surface area (Å²) in [5, 5.41) is 3.00. The Labute approximate surface area is 183 Å². The van der Waals surface area contributed by atoms with Gasteiger partial charge in [0.25, 0.3) is 5.91 Å². The zero-order chi connectivity index (χ0) is 21.7. The van der Waals surface area contributed by atoms with E-state index in [1.165, 1.54) is 0 Å². The number of benzene rings is 2. The number of pyridine rings is 1. The van der Waals surface area contributed by atoms with Gasteiger partial charge in [-0.3, -0.25) is 14.6 Å². The lowest BCUT2D eigenvalue weighted by Crippen LogP contribution is -2.45. The van der Waals surface area contributed by atoms with Crippen molar-refractivity contribution in [1.29, 1.82) is 0 Å². The quantitative estimate of drug-likeness (QED) is 0.665. The third-order valence-corrected chi connectivity index (χ3v) is 5.95. The normalized spacial score (nSPS) is 18.0. The minimum Gasteiger partial charge on any atom is -0.356 e. The van der Waals surface area contributed by atoms with Crippen molar-refractivity contribution in [1.82, 2.24) is 15.2 Å². The molecule has 1 atom stereocenters. The minimum atomic E-state index is -0.636. The van der Waals surface area contributed by atoms with Crippen LogP contribution in [0.15, 0.2) is 79.1 Å². The van der Waals surface area contributed by atoms with Crippen molar-refractivity contribution in [2.24, 2.45) is 5.41 Å². The first-order chi connectivity index (χ1) is 15.1. The van der Waals surface area contributed by atoms with Gasteiger partial charge < -0.3 is 10.2 Å². The summed E-state index contributed by atoms with van der Waals surface area (Å²) in [5.74, 6) is -0.0566. The predicted octanol–water partition coefficient (Wildman–Crippen LogP) is 3.96. The lowest BCUT2D eigenvalue weighted by Gasteiger charge is -2.28. The Kier molecular flexibility index (Phi) is 6.12. The molecule has 158 valence electrons. The van der Waals surface area contributed by atoms with E-state index in [0.717, 1.165) is 16.7 Å². The Morgan fingerprint density at radius 3 is 2.58 bits per heavy atom. The van der Waals surface area contributed by atoms with E-state index in [-0.39, 0.29) is 11.8 Å². The summed E-state index contributed by atoms with van der Waals surface area (Å²) in [4.78, 5) is 32.0. The van der Waals surface area contributed by atoms with E-state index in [1.807, 2.05) is 31.2 Å². The van der Waals surface area contributed by atoms with Gasteiger partial charge in [0.1, 0.15) is 0 Å². The van der Waals surface area contributed by atoms with Gasteiger partial charge in [0.15, 0.2) is 0 Å². The third kappa shape index (κ3) is 4.50. The van der Waals surface area contributed by atoms with Crippen LogP contribution in [0.3, 0.4) is 0 Å². The van der Waals surface area contributed by atoms with Gasteiger partial charge >= 0.3 is 0 Å². The van der Waals surface area contributed by atoms with Crippen LogP contribution in [0.5, 0.6) is 0 Å². The Balaban J connectivity index is 1.59. The van der Waals surface area contributed by atoms with E-state index >= 15 is 0 Å². The van der Waals surface area contributed by atoms with Gasteiger partial charge in [-0.2, -0.15) is 0 Å². The van der Waals surface area contributed by atoms with E-state index in [2.05, 4.69) is 40.6 Å².